The fourth-order valence-corrected chi connectivity index (χ4v) is 1.63. The molecule has 17 heavy (non-hydrogen) atoms. The van der Waals surface area contributed by atoms with E-state index in [1.165, 1.54) is 0 Å². The second-order valence-corrected chi connectivity index (χ2v) is 3.80. The molecule has 0 spiro atoms. The van der Waals surface area contributed by atoms with Gasteiger partial charge in [-0.15, -0.1) is 0 Å². The topological polar surface area (TPSA) is 70.3 Å². The molecule has 1 rings (SSSR count). The summed E-state index contributed by atoms with van der Waals surface area (Å²) in [5, 5.41) is 0. The lowest BCUT2D eigenvalue weighted by atomic mass is 10.1. The van der Waals surface area contributed by atoms with Gasteiger partial charge < -0.3 is 15.2 Å². The first-order valence-corrected chi connectivity index (χ1v) is 5.87. The highest BCUT2D eigenvalue weighted by atomic mass is 16.5. The highest BCUT2D eigenvalue weighted by Crippen LogP contribution is 2.13. The molecule has 0 aliphatic heterocycles. The molecule has 0 atom stereocenters. The summed E-state index contributed by atoms with van der Waals surface area (Å²) in [4.78, 5) is 8.70. The third-order valence-electron chi connectivity index (χ3n) is 2.55. The van der Waals surface area contributed by atoms with Crippen molar-refractivity contribution < 1.29 is 9.47 Å². The van der Waals surface area contributed by atoms with Gasteiger partial charge in [-0.2, -0.15) is 0 Å². The fraction of sp³-hybridized carbons (Fsp3) is 0.667. The maximum absolute atomic E-state index is 5.87. The zero-order valence-electron chi connectivity index (χ0n) is 10.8. The molecule has 2 N–H and O–H groups in total. The molecule has 0 unspecified atom stereocenters. The van der Waals surface area contributed by atoms with Crippen molar-refractivity contribution in [1.29, 1.82) is 0 Å². The molecule has 96 valence electrons. The Labute approximate surface area is 102 Å². The van der Waals surface area contributed by atoms with Crippen LogP contribution in [0.2, 0.25) is 0 Å². The summed E-state index contributed by atoms with van der Waals surface area (Å²) in [6.45, 7) is 5.81. The van der Waals surface area contributed by atoms with Crippen LogP contribution < -0.4 is 5.73 Å². The smallest absolute Gasteiger partial charge is 0.133 e. The Morgan fingerprint density at radius 3 is 2.53 bits per heavy atom. The Morgan fingerprint density at radius 1 is 1.18 bits per heavy atom. The van der Waals surface area contributed by atoms with Gasteiger partial charge in [-0.25, -0.2) is 9.97 Å². The molecule has 0 radical (unpaired) electrons. The van der Waals surface area contributed by atoms with Crippen LogP contribution in [-0.4, -0.2) is 36.9 Å². The van der Waals surface area contributed by atoms with Crippen molar-refractivity contribution >= 4 is 5.82 Å². The third kappa shape index (κ3) is 4.28. The van der Waals surface area contributed by atoms with Crippen LogP contribution >= 0.6 is 0 Å². The van der Waals surface area contributed by atoms with Crippen LogP contribution in [0.25, 0.3) is 0 Å². The monoisotopic (exact) mass is 239 g/mol. The van der Waals surface area contributed by atoms with Crippen LogP contribution in [0.15, 0.2) is 0 Å². The molecule has 0 aromatic carbocycles. The van der Waals surface area contributed by atoms with E-state index in [1.807, 2.05) is 6.92 Å². The van der Waals surface area contributed by atoms with Crippen molar-refractivity contribution in [2.45, 2.75) is 26.7 Å². The standard InChI is InChI=1S/C12H21N3O2/c1-4-10-9(2)14-11(15-12(10)13)5-6-17-8-7-16-3/h4-8H2,1-3H3,(H2,13,14,15). The molecule has 5 nitrogen and oxygen atoms in total. The van der Waals surface area contributed by atoms with Gasteiger partial charge in [0.25, 0.3) is 0 Å². The van der Waals surface area contributed by atoms with Crippen molar-refractivity contribution in [3.05, 3.63) is 17.1 Å². The van der Waals surface area contributed by atoms with Crippen LogP contribution in [0.5, 0.6) is 0 Å². The first-order valence-electron chi connectivity index (χ1n) is 5.87. The Morgan fingerprint density at radius 2 is 1.94 bits per heavy atom. The largest absolute Gasteiger partial charge is 0.383 e. The number of anilines is 1. The lowest BCUT2D eigenvalue weighted by Gasteiger charge is -2.09. The maximum atomic E-state index is 5.87. The molecule has 0 aliphatic carbocycles. The SMILES string of the molecule is CCc1c(C)nc(CCOCCOC)nc1N. The minimum absolute atomic E-state index is 0.590. The summed E-state index contributed by atoms with van der Waals surface area (Å²) < 4.78 is 10.3. The molecule has 1 aromatic heterocycles. The van der Waals surface area contributed by atoms with E-state index in [0.717, 1.165) is 23.5 Å². The quantitative estimate of drug-likeness (QED) is 0.722. The Bertz CT molecular complexity index is 333. The van der Waals surface area contributed by atoms with E-state index in [0.29, 0.717) is 32.1 Å². The van der Waals surface area contributed by atoms with Crippen LogP contribution in [0, 0.1) is 6.92 Å². The number of hydrogen-bond donors (Lipinski definition) is 1. The first-order chi connectivity index (χ1) is 8.19. The normalized spacial score (nSPS) is 10.8. The molecular formula is C12H21N3O2. The number of hydrogen-bond acceptors (Lipinski definition) is 5. The van der Waals surface area contributed by atoms with Gasteiger partial charge in [-0.1, -0.05) is 6.92 Å². The number of nitrogen functional groups attached to an aromatic ring is 1. The van der Waals surface area contributed by atoms with Gasteiger partial charge in [0.05, 0.1) is 19.8 Å². The maximum Gasteiger partial charge on any atom is 0.133 e. The number of nitrogens with zero attached hydrogens (tertiary/aromatic N) is 2. The van der Waals surface area contributed by atoms with Crippen molar-refractivity contribution in [3.63, 3.8) is 0 Å². The van der Waals surface area contributed by atoms with Crippen LogP contribution in [0.3, 0.4) is 0 Å². The fourth-order valence-electron chi connectivity index (χ4n) is 1.63. The van der Waals surface area contributed by atoms with E-state index in [4.69, 9.17) is 15.2 Å². The second-order valence-electron chi connectivity index (χ2n) is 3.80. The van der Waals surface area contributed by atoms with Gasteiger partial charge in [0.2, 0.25) is 0 Å². The number of aromatic nitrogens is 2. The van der Waals surface area contributed by atoms with Gasteiger partial charge >= 0.3 is 0 Å². The van der Waals surface area contributed by atoms with Gasteiger partial charge in [-0.3, -0.25) is 0 Å². The Hall–Kier alpha value is -1.20. The number of nitrogens with two attached hydrogens (primary N) is 1. The summed E-state index contributed by atoms with van der Waals surface area (Å²) in [6, 6.07) is 0. The summed E-state index contributed by atoms with van der Waals surface area (Å²) in [5.74, 6) is 1.33. The first kappa shape index (κ1) is 13.9. The number of aryl methyl sites for hydroxylation is 1. The molecule has 5 heteroatoms. The highest BCUT2D eigenvalue weighted by Gasteiger charge is 2.07. The van der Waals surface area contributed by atoms with Crippen LogP contribution in [-0.2, 0) is 22.3 Å². The van der Waals surface area contributed by atoms with Gasteiger partial charge in [-0.05, 0) is 13.3 Å². The van der Waals surface area contributed by atoms with E-state index in [-0.39, 0.29) is 0 Å². The van der Waals surface area contributed by atoms with Crippen molar-refractivity contribution in [2.75, 3.05) is 32.7 Å². The predicted molar refractivity (Wildman–Crippen MR) is 67.0 cm³/mol. The van der Waals surface area contributed by atoms with E-state index >= 15 is 0 Å². The van der Waals surface area contributed by atoms with Crippen LogP contribution in [0.4, 0.5) is 5.82 Å². The van der Waals surface area contributed by atoms with Gasteiger partial charge in [0.1, 0.15) is 11.6 Å². The summed E-state index contributed by atoms with van der Waals surface area (Å²) in [6.07, 6.45) is 1.54. The average molecular weight is 239 g/mol. The third-order valence-corrected chi connectivity index (χ3v) is 2.55. The number of methoxy groups -OCH3 is 1. The molecule has 0 fully saturated rings. The molecular weight excluding hydrogens is 218 g/mol. The zero-order chi connectivity index (χ0) is 12.7. The molecule has 0 amide bonds. The van der Waals surface area contributed by atoms with Gasteiger partial charge in [0.15, 0.2) is 0 Å². The second kappa shape index (κ2) is 7.19. The van der Waals surface area contributed by atoms with Gasteiger partial charge in [0, 0.05) is 24.8 Å². The van der Waals surface area contributed by atoms with Crippen molar-refractivity contribution in [3.8, 4) is 0 Å². The average Bonchev–Trinajstić information content (AvgIpc) is 2.28. The molecule has 0 saturated heterocycles. The van der Waals surface area contributed by atoms with E-state index < -0.39 is 0 Å². The molecule has 0 aliphatic rings. The van der Waals surface area contributed by atoms with Crippen LogP contribution in [0.1, 0.15) is 24.0 Å². The summed E-state index contributed by atoms with van der Waals surface area (Å²) in [5.41, 5.74) is 7.87. The Kier molecular flexibility index (Phi) is 5.86. The van der Waals surface area contributed by atoms with Crippen molar-refractivity contribution in [1.82, 2.24) is 9.97 Å². The lowest BCUT2D eigenvalue weighted by molar-refractivity contribution is 0.0716. The number of ether oxygens (including phenoxy) is 2. The minimum Gasteiger partial charge on any atom is -0.383 e. The molecule has 1 heterocycles. The lowest BCUT2D eigenvalue weighted by Crippen LogP contribution is -2.10. The highest BCUT2D eigenvalue weighted by molar-refractivity contribution is 5.41. The van der Waals surface area contributed by atoms with E-state index in [1.54, 1.807) is 7.11 Å². The van der Waals surface area contributed by atoms with E-state index in [9.17, 15) is 0 Å². The molecule has 0 saturated carbocycles. The summed E-state index contributed by atoms with van der Waals surface area (Å²) >= 11 is 0. The molecule has 0 bridgehead atoms. The zero-order valence-corrected chi connectivity index (χ0v) is 10.8. The number of rotatable bonds is 7. The minimum atomic E-state index is 0.590. The van der Waals surface area contributed by atoms with E-state index in [2.05, 4.69) is 16.9 Å². The Balaban J connectivity index is 2.49. The van der Waals surface area contributed by atoms with Crippen molar-refractivity contribution in [2.24, 2.45) is 0 Å². The predicted octanol–water partition coefficient (Wildman–Crippen LogP) is 1.14. The molecule has 1 aromatic rings. The summed E-state index contributed by atoms with van der Waals surface area (Å²) in [7, 11) is 1.65.